The summed E-state index contributed by atoms with van der Waals surface area (Å²) in [6.45, 7) is 4.45. The summed E-state index contributed by atoms with van der Waals surface area (Å²) in [5.74, 6) is 1.51. The van der Waals surface area contributed by atoms with Gasteiger partial charge in [-0.1, -0.05) is 11.2 Å². The third kappa shape index (κ3) is 2.74. The number of carbonyl (C=O) groups excluding carboxylic acids is 1. The smallest absolute Gasteiger partial charge is 0.253 e. The molecule has 1 amide bonds. The van der Waals surface area contributed by atoms with Crippen molar-refractivity contribution in [3.05, 3.63) is 46.6 Å². The molecule has 0 N–H and O–H groups in total. The van der Waals surface area contributed by atoms with Crippen LogP contribution >= 0.6 is 0 Å². The van der Waals surface area contributed by atoms with E-state index in [0.717, 1.165) is 30.5 Å². The number of hydrogen-bond donors (Lipinski definition) is 0. The Kier molecular flexibility index (Phi) is 3.61. The fourth-order valence-electron chi connectivity index (χ4n) is 3.34. The first-order valence-corrected chi connectivity index (χ1v) is 8.00. The van der Waals surface area contributed by atoms with Crippen LogP contribution in [0.4, 0.5) is 0 Å². The highest BCUT2D eigenvalue weighted by Crippen LogP contribution is 2.27. The van der Waals surface area contributed by atoms with E-state index >= 15 is 0 Å². The first-order chi connectivity index (χ1) is 11.2. The van der Waals surface area contributed by atoms with Gasteiger partial charge in [0.15, 0.2) is 5.82 Å². The number of nitrogens with zero attached hydrogens (tertiary/aromatic N) is 3. The number of hydrogen-bond acceptors (Lipinski definition) is 5. The van der Waals surface area contributed by atoms with Crippen molar-refractivity contribution in [2.75, 3.05) is 13.1 Å². The number of aromatic nitrogens is 2. The molecule has 2 aliphatic heterocycles. The molecule has 1 atom stereocenters. The van der Waals surface area contributed by atoms with Crippen molar-refractivity contribution in [2.45, 2.75) is 38.9 Å². The maximum atomic E-state index is 12.8. The molecular formula is C17H19N3O3. The van der Waals surface area contributed by atoms with Crippen molar-refractivity contribution < 1.29 is 14.1 Å². The molecule has 2 aliphatic rings. The lowest BCUT2D eigenvalue weighted by atomic mass is 9.96. The zero-order valence-electron chi connectivity index (χ0n) is 13.1. The third-order valence-electron chi connectivity index (χ3n) is 4.59. The van der Waals surface area contributed by atoms with Crippen LogP contribution in [-0.4, -0.2) is 34.0 Å². The normalized spacial score (nSPS) is 20.6. The largest absolute Gasteiger partial charge is 0.372 e. The molecule has 0 aliphatic carbocycles. The van der Waals surface area contributed by atoms with Crippen LogP contribution < -0.4 is 0 Å². The average molecular weight is 313 g/mol. The number of benzene rings is 1. The summed E-state index contributed by atoms with van der Waals surface area (Å²) < 4.78 is 10.5. The van der Waals surface area contributed by atoms with E-state index < -0.39 is 0 Å². The van der Waals surface area contributed by atoms with Gasteiger partial charge in [-0.15, -0.1) is 0 Å². The summed E-state index contributed by atoms with van der Waals surface area (Å²) >= 11 is 0. The van der Waals surface area contributed by atoms with Gasteiger partial charge >= 0.3 is 0 Å². The molecule has 1 aromatic carbocycles. The van der Waals surface area contributed by atoms with E-state index in [-0.39, 0.29) is 11.8 Å². The highest BCUT2D eigenvalue weighted by atomic mass is 16.5. The van der Waals surface area contributed by atoms with Gasteiger partial charge in [0.25, 0.3) is 5.91 Å². The second-order valence-corrected chi connectivity index (χ2v) is 6.24. The van der Waals surface area contributed by atoms with Crippen molar-refractivity contribution in [1.82, 2.24) is 15.0 Å². The fraction of sp³-hybridized carbons (Fsp3) is 0.471. The summed E-state index contributed by atoms with van der Waals surface area (Å²) in [5, 5.41) is 4.01. The second kappa shape index (κ2) is 5.77. The van der Waals surface area contributed by atoms with Gasteiger partial charge in [0.2, 0.25) is 5.89 Å². The molecule has 1 fully saturated rings. The number of amides is 1. The number of fused-ring (bicyclic) bond motifs is 1. The fourth-order valence-corrected chi connectivity index (χ4v) is 3.34. The SMILES string of the molecule is Cc1nc([C@@H]2CCCN(C(=O)c3ccc4c(c3)COC4)C2)no1. The minimum atomic E-state index is 0.0737. The Morgan fingerprint density at radius 3 is 3.00 bits per heavy atom. The molecule has 6 nitrogen and oxygen atoms in total. The van der Waals surface area contributed by atoms with E-state index in [0.29, 0.717) is 31.5 Å². The van der Waals surface area contributed by atoms with Gasteiger partial charge in [-0.05, 0) is 36.1 Å². The number of rotatable bonds is 2. The average Bonchev–Trinajstić information content (AvgIpc) is 3.22. The van der Waals surface area contributed by atoms with Crippen molar-refractivity contribution >= 4 is 5.91 Å². The molecular weight excluding hydrogens is 294 g/mol. The van der Waals surface area contributed by atoms with Crippen molar-refractivity contribution in [3.63, 3.8) is 0 Å². The highest BCUT2D eigenvalue weighted by molar-refractivity contribution is 5.94. The van der Waals surface area contributed by atoms with Crippen LogP contribution in [-0.2, 0) is 18.0 Å². The first-order valence-electron chi connectivity index (χ1n) is 8.00. The maximum Gasteiger partial charge on any atom is 0.253 e. The van der Waals surface area contributed by atoms with Crippen molar-refractivity contribution in [3.8, 4) is 0 Å². The molecule has 4 rings (SSSR count). The van der Waals surface area contributed by atoms with E-state index in [4.69, 9.17) is 9.26 Å². The van der Waals surface area contributed by atoms with Crippen LogP contribution in [0, 0.1) is 6.92 Å². The lowest BCUT2D eigenvalue weighted by Crippen LogP contribution is -2.39. The molecule has 1 aromatic heterocycles. The van der Waals surface area contributed by atoms with E-state index in [1.165, 1.54) is 5.56 Å². The maximum absolute atomic E-state index is 12.8. The summed E-state index contributed by atoms with van der Waals surface area (Å²) in [7, 11) is 0. The Morgan fingerprint density at radius 2 is 2.17 bits per heavy atom. The van der Waals surface area contributed by atoms with Gasteiger partial charge in [0.05, 0.1) is 13.2 Å². The Labute approximate surface area is 134 Å². The Hall–Kier alpha value is -2.21. The lowest BCUT2D eigenvalue weighted by molar-refractivity contribution is 0.0703. The monoisotopic (exact) mass is 313 g/mol. The quantitative estimate of drug-likeness (QED) is 0.851. The van der Waals surface area contributed by atoms with Gasteiger partial charge in [0, 0.05) is 31.5 Å². The number of likely N-dealkylation sites (tertiary alicyclic amines) is 1. The van der Waals surface area contributed by atoms with Gasteiger partial charge in [-0.2, -0.15) is 4.98 Å². The van der Waals surface area contributed by atoms with E-state index in [1.807, 2.05) is 23.1 Å². The lowest BCUT2D eigenvalue weighted by Gasteiger charge is -2.31. The summed E-state index contributed by atoms with van der Waals surface area (Å²) in [6.07, 6.45) is 1.94. The van der Waals surface area contributed by atoms with Gasteiger partial charge in [-0.25, -0.2) is 0 Å². The number of ether oxygens (including phenoxy) is 1. The zero-order valence-corrected chi connectivity index (χ0v) is 13.1. The first kappa shape index (κ1) is 14.4. The predicted molar refractivity (Wildman–Crippen MR) is 81.8 cm³/mol. The standard InChI is InChI=1S/C17H19N3O3/c1-11-18-16(19-23-11)13-3-2-6-20(8-13)17(21)12-4-5-14-9-22-10-15(14)7-12/h4-5,7,13H,2-3,6,8-10H2,1H3/t13-/m1/s1. The van der Waals surface area contributed by atoms with E-state index in [2.05, 4.69) is 10.1 Å². The molecule has 3 heterocycles. The molecule has 0 spiro atoms. The van der Waals surface area contributed by atoms with Crippen LogP contribution in [0.5, 0.6) is 0 Å². The Bertz CT molecular complexity index is 740. The van der Waals surface area contributed by atoms with Crippen molar-refractivity contribution in [1.29, 1.82) is 0 Å². The molecule has 6 heteroatoms. The van der Waals surface area contributed by atoms with Crippen LogP contribution in [0.2, 0.25) is 0 Å². The predicted octanol–water partition coefficient (Wildman–Crippen LogP) is 2.43. The molecule has 0 bridgehead atoms. The minimum Gasteiger partial charge on any atom is -0.372 e. The molecule has 23 heavy (non-hydrogen) atoms. The topological polar surface area (TPSA) is 68.5 Å². The number of piperidine rings is 1. The molecule has 2 aromatic rings. The van der Waals surface area contributed by atoms with Crippen LogP contribution in [0.15, 0.2) is 22.7 Å². The molecule has 1 saturated heterocycles. The molecule has 0 unspecified atom stereocenters. The number of carbonyl (C=O) groups is 1. The van der Waals surface area contributed by atoms with E-state index in [1.54, 1.807) is 6.92 Å². The minimum absolute atomic E-state index is 0.0737. The summed E-state index contributed by atoms with van der Waals surface area (Å²) in [5.41, 5.74) is 3.04. The summed E-state index contributed by atoms with van der Waals surface area (Å²) in [6, 6.07) is 5.87. The third-order valence-corrected chi connectivity index (χ3v) is 4.59. The summed E-state index contributed by atoms with van der Waals surface area (Å²) in [4.78, 5) is 19.0. The van der Waals surface area contributed by atoms with Crippen LogP contribution in [0.25, 0.3) is 0 Å². The number of aryl methyl sites for hydroxylation is 1. The highest BCUT2D eigenvalue weighted by Gasteiger charge is 2.28. The molecule has 120 valence electrons. The van der Waals surface area contributed by atoms with Crippen LogP contribution in [0.1, 0.15) is 52.0 Å². The molecule has 0 saturated carbocycles. The van der Waals surface area contributed by atoms with Crippen LogP contribution in [0.3, 0.4) is 0 Å². The molecule has 0 radical (unpaired) electrons. The van der Waals surface area contributed by atoms with Gasteiger partial charge in [0.1, 0.15) is 0 Å². The second-order valence-electron chi connectivity index (χ2n) is 6.24. The Morgan fingerprint density at radius 1 is 1.30 bits per heavy atom. The van der Waals surface area contributed by atoms with Gasteiger partial charge < -0.3 is 14.2 Å². The van der Waals surface area contributed by atoms with Gasteiger partial charge in [-0.3, -0.25) is 4.79 Å². The van der Waals surface area contributed by atoms with Crippen molar-refractivity contribution in [2.24, 2.45) is 0 Å². The van der Waals surface area contributed by atoms with E-state index in [9.17, 15) is 4.79 Å². The zero-order chi connectivity index (χ0) is 15.8. The Balaban J connectivity index is 1.51.